The van der Waals surface area contributed by atoms with Crippen LogP contribution in [0.5, 0.6) is 0 Å². The summed E-state index contributed by atoms with van der Waals surface area (Å²) in [5.41, 5.74) is 4.65. The molecule has 0 radical (unpaired) electrons. The van der Waals surface area contributed by atoms with Gasteiger partial charge in [0.1, 0.15) is 12.6 Å². The number of carboxylic acid groups (broad SMARTS) is 1. The lowest BCUT2D eigenvalue weighted by Gasteiger charge is -2.33. The summed E-state index contributed by atoms with van der Waals surface area (Å²) in [7, 11) is 0. The number of carbonyl (C=O) groups excluding carboxylic acids is 2. The maximum Gasteiger partial charge on any atom is 0.407 e. The molecule has 2 atom stereocenters. The van der Waals surface area contributed by atoms with E-state index < -0.39 is 18.1 Å². The number of piperidine rings is 1. The predicted molar refractivity (Wildman–Crippen MR) is 124 cm³/mol. The van der Waals surface area contributed by atoms with Gasteiger partial charge in [0, 0.05) is 24.9 Å². The minimum atomic E-state index is -0.951. The van der Waals surface area contributed by atoms with Crippen LogP contribution in [0.4, 0.5) is 4.79 Å². The van der Waals surface area contributed by atoms with Crippen molar-refractivity contribution in [3.05, 3.63) is 59.7 Å². The molecule has 0 saturated carbocycles. The summed E-state index contributed by atoms with van der Waals surface area (Å²) in [6, 6.07) is 15.3. The monoisotopic (exact) mass is 450 g/mol. The Morgan fingerprint density at radius 3 is 2.33 bits per heavy atom. The SMILES string of the molecule is CC(CCC(=O)N1CCCC[C@@H]1C(=O)O)NC(=O)OCC1c2ccccc2-c2ccccc21. The van der Waals surface area contributed by atoms with Gasteiger partial charge in [-0.05, 0) is 54.9 Å². The van der Waals surface area contributed by atoms with E-state index >= 15 is 0 Å². The molecule has 1 saturated heterocycles. The Morgan fingerprint density at radius 1 is 1.06 bits per heavy atom. The molecule has 0 spiro atoms. The third-order valence-electron chi connectivity index (χ3n) is 6.61. The van der Waals surface area contributed by atoms with Gasteiger partial charge in [0.2, 0.25) is 5.91 Å². The van der Waals surface area contributed by atoms with Crippen molar-refractivity contribution in [2.45, 2.75) is 57.0 Å². The molecule has 2 aromatic carbocycles. The number of hydrogen-bond donors (Lipinski definition) is 2. The van der Waals surface area contributed by atoms with Gasteiger partial charge in [0.05, 0.1) is 0 Å². The summed E-state index contributed by atoms with van der Waals surface area (Å²) in [6.45, 7) is 2.53. The van der Waals surface area contributed by atoms with Gasteiger partial charge in [-0.15, -0.1) is 0 Å². The lowest BCUT2D eigenvalue weighted by Crippen LogP contribution is -2.48. The van der Waals surface area contributed by atoms with Crippen molar-refractivity contribution in [3.63, 3.8) is 0 Å². The second kappa shape index (κ2) is 10.1. The second-order valence-electron chi connectivity index (χ2n) is 8.85. The van der Waals surface area contributed by atoms with Gasteiger partial charge >= 0.3 is 12.1 Å². The maximum atomic E-state index is 12.6. The van der Waals surface area contributed by atoms with E-state index in [9.17, 15) is 19.5 Å². The molecule has 33 heavy (non-hydrogen) atoms. The molecule has 1 fully saturated rings. The number of carboxylic acids is 1. The Morgan fingerprint density at radius 2 is 1.70 bits per heavy atom. The van der Waals surface area contributed by atoms with E-state index in [1.54, 1.807) is 0 Å². The number of alkyl carbamates (subject to hydrolysis) is 1. The van der Waals surface area contributed by atoms with Crippen LogP contribution in [0.2, 0.25) is 0 Å². The van der Waals surface area contributed by atoms with Crippen molar-refractivity contribution in [3.8, 4) is 11.1 Å². The Balaban J connectivity index is 1.27. The van der Waals surface area contributed by atoms with Crippen molar-refractivity contribution in [1.82, 2.24) is 10.2 Å². The number of nitrogens with zero attached hydrogens (tertiary/aromatic N) is 1. The fraction of sp³-hybridized carbons (Fsp3) is 0.423. The van der Waals surface area contributed by atoms with E-state index in [2.05, 4.69) is 29.6 Å². The van der Waals surface area contributed by atoms with Gasteiger partial charge in [-0.3, -0.25) is 4.79 Å². The molecule has 2 aliphatic rings. The van der Waals surface area contributed by atoms with Gasteiger partial charge in [-0.25, -0.2) is 9.59 Å². The van der Waals surface area contributed by atoms with Gasteiger partial charge in [-0.1, -0.05) is 48.5 Å². The van der Waals surface area contributed by atoms with Crippen molar-refractivity contribution < 1.29 is 24.2 Å². The number of rotatable bonds is 7. The van der Waals surface area contributed by atoms with Crippen LogP contribution in [-0.4, -0.2) is 53.2 Å². The lowest BCUT2D eigenvalue weighted by molar-refractivity contribution is -0.152. The van der Waals surface area contributed by atoms with Crippen molar-refractivity contribution in [2.24, 2.45) is 0 Å². The second-order valence-corrected chi connectivity index (χ2v) is 8.85. The Labute approximate surface area is 193 Å². The van der Waals surface area contributed by atoms with Crippen molar-refractivity contribution in [2.75, 3.05) is 13.2 Å². The number of aliphatic carboxylic acids is 1. The molecule has 2 N–H and O–H groups in total. The minimum absolute atomic E-state index is 0.00733. The summed E-state index contributed by atoms with van der Waals surface area (Å²) in [4.78, 5) is 37.9. The highest BCUT2D eigenvalue weighted by Crippen LogP contribution is 2.44. The molecule has 2 amide bonds. The molecule has 2 aromatic rings. The molecule has 7 heteroatoms. The highest BCUT2D eigenvalue weighted by atomic mass is 16.5. The highest BCUT2D eigenvalue weighted by molar-refractivity contribution is 5.84. The van der Waals surface area contributed by atoms with E-state index in [1.165, 1.54) is 16.0 Å². The van der Waals surface area contributed by atoms with Gasteiger partial charge in [-0.2, -0.15) is 0 Å². The molecule has 1 aliphatic carbocycles. The van der Waals surface area contributed by atoms with Crippen LogP contribution in [0, 0.1) is 0 Å². The van der Waals surface area contributed by atoms with Gasteiger partial charge in [0.15, 0.2) is 0 Å². The van der Waals surface area contributed by atoms with Crippen LogP contribution >= 0.6 is 0 Å². The molecule has 1 unspecified atom stereocenters. The Bertz CT molecular complexity index is 991. The zero-order valence-corrected chi connectivity index (χ0v) is 18.8. The van der Waals surface area contributed by atoms with E-state index in [1.807, 2.05) is 31.2 Å². The molecule has 4 rings (SSSR count). The first-order valence-electron chi connectivity index (χ1n) is 11.6. The molecule has 1 heterocycles. The number of nitrogens with one attached hydrogen (secondary N) is 1. The van der Waals surface area contributed by atoms with Crippen LogP contribution in [0.3, 0.4) is 0 Å². The summed E-state index contributed by atoms with van der Waals surface area (Å²) in [5, 5.41) is 12.2. The fourth-order valence-electron chi connectivity index (χ4n) is 4.88. The average molecular weight is 451 g/mol. The summed E-state index contributed by atoms with van der Waals surface area (Å²) in [5.74, 6) is -1.14. The molecule has 7 nitrogen and oxygen atoms in total. The smallest absolute Gasteiger partial charge is 0.407 e. The minimum Gasteiger partial charge on any atom is -0.480 e. The third kappa shape index (κ3) is 5.02. The van der Waals surface area contributed by atoms with Crippen LogP contribution < -0.4 is 5.32 Å². The quantitative estimate of drug-likeness (QED) is 0.660. The predicted octanol–water partition coefficient (Wildman–Crippen LogP) is 4.16. The molecule has 1 aliphatic heterocycles. The molecule has 174 valence electrons. The standard InChI is InChI=1S/C26H30N2O5/c1-17(13-14-24(29)28-15-7-6-12-23(28)25(30)31)27-26(32)33-16-22-20-10-4-2-8-18(20)19-9-3-5-11-21(19)22/h2-5,8-11,17,22-23H,6-7,12-16H2,1H3,(H,27,32)(H,30,31)/t17?,23-/m1/s1. The summed E-state index contributed by atoms with van der Waals surface area (Å²) >= 11 is 0. The van der Waals surface area contributed by atoms with Crippen molar-refractivity contribution >= 4 is 18.0 Å². The summed E-state index contributed by atoms with van der Waals surface area (Å²) < 4.78 is 5.56. The van der Waals surface area contributed by atoms with Gasteiger partial charge < -0.3 is 20.1 Å². The molecular formula is C26H30N2O5. The zero-order chi connectivity index (χ0) is 23.4. The van der Waals surface area contributed by atoms with Gasteiger partial charge in [0.25, 0.3) is 0 Å². The topological polar surface area (TPSA) is 95.9 Å². The number of hydrogen-bond acceptors (Lipinski definition) is 4. The average Bonchev–Trinajstić information content (AvgIpc) is 3.15. The van der Waals surface area contributed by atoms with Crippen LogP contribution in [0.1, 0.15) is 56.1 Å². The van der Waals surface area contributed by atoms with E-state index in [0.29, 0.717) is 19.4 Å². The number of fused-ring (bicyclic) bond motifs is 3. The number of benzene rings is 2. The lowest BCUT2D eigenvalue weighted by atomic mass is 9.98. The number of carbonyl (C=O) groups is 3. The zero-order valence-electron chi connectivity index (χ0n) is 18.8. The molecule has 0 bridgehead atoms. The first kappa shape index (κ1) is 22.8. The normalized spacial score (nSPS) is 18.2. The van der Waals surface area contributed by atoms with Crippen LogP contribution in [0.25, 0.3) is 11.1 Å². The molecular weight excluding hydrogens is 420 g/mol. The summed E-state index contributed by atoms with van der Waals surface area (Å²) in [6.07, 6.45) is 2.23. The largest absolute Gasteiger partial charge is 0.480 e. The first-order valence-corrected chi connectivity index (χ1v) is 11.6. The first-order chi connectivity index (χ1) is 16.0. The fourth-order valence-corrected chi connectivity index (χ4v) is 4.88. The highest BCUT2D eigenvalue weighted by Gasteiger charge is 2.32. The van der Waals surface area contributed by atoms with E-state index in [0.717, 1.165) is 24.0 Å². The molecule has 0 aromatic heterocycles. The maximum absolute atomic E-state index is 12.6. The van der Waals surface area contributed by atoms with E-state index in [-0.39, 0.29) is 30.9 Å². The van der Waals surface area contributed by atoms with Crippen molar-refractivity contribution in [1.29, 1.82) is 0 Å². The number of amides is 2. The Hall–Kier alpha value is -3.35. The number of likely N-dealkylation sites (tertiary alicyclic amines) is 1. The van der Waals surface area contributed by atoms with Crippen LogP contribution in [0.15, 0.2) is 48.5 Å². The van der Waals surface area contributed by atoms with E-state index in [4.69, 9.17) is 4.74 Å². The third-order valence-corrected chi connectivity index (χ3v) is 6.61. The number of ether oxygens (including phenoxy) is 1. The van der Waals surface area contributed by atoms with Crippen LogP contribution in [-0.2, 0) is 14.3 Å². The Kier molecular flexibility index (Phi) is 6.96.